The van der Waals surface area contributed by atoms with Crippen molar-refractivity contribution in [3.8, 4) is 23.0 Å². The fourth-order valence-electron chi connectivity index (χ4n) is 8.41. The minimum absolute atomic E-state index is 0.0836. The summed E-state index contributed by atoms with van der Waals surface area (Å²) in [5, 5.41) is 0.934. The highest BCUT2D eigenvalue weighted by molar-refractivity contribution is 7.56. The van der Waals surface area contributed by atoms with Crippen LogP contribution in [0.1, 0.15) is 169 Å². The molecule has 0 aliphatic carbocycles. The van der Waals surface area contributed by atoms with E-state index in [1.807, 2.05) is 44.2 Å². The smallest absolute Gasteiger partial charge is 0.326 e. The minimum atomic E-state index is -1.64. The van der Waals surface area contributed by atoms with Crippen LogP contribution in [-0.4, -0.2) is 12.4 Å². The molecule has 5 aromatic carbocycles. The van der Waals surface area contributed by atoms with Crippen molar-refractivity contribution in [1.82, 2.24) is 0 Å². The van der Waals surface area contributed by atoms with Crippen LogP contribution in [0.15, 0.2) is 78.9 Å². The van der Waals surface area contributed by atoms with E-state index in [9.17, 15) is 9.59 Å². The number of aryl methyl sites for hydroxylation is 4. The van der Waals surface area contributed by atoms with E-state index in [2.05, 4.69) is 152 Å². The Morgan fingerprint density at radius 3 is 1.58 bits per heavy atom. The van der Waals surface area contributed by atoms with Crippen LogP contribution in [0.25, 0.3) is 0 Å². The zero-order chi connectivity index (χ0) is 45.9. The van der Waals surface area contributed by atoms with E-state index < -0.39 is 14.3 Å². The summed E-state index contributed by atoms with van der Waals surface area (Å²) in [6.07, 6.45) is 0. The lowest BCUT2D eigenvalue weighted by Crippen LogP contribution is -2.20. The first-order chi connectivity index (χ1) is 28.7. The molecule has 62 heavy (non-hydrogen) atoms. The van der Waals surface area contributed by atoms with Gasteiger partial charge >= 0.3 is 14.3 Å². The molecule has 3 atom stereocenters. The molecule has 0 spiro atoms. The first-order valence-electron chi connectivity index (χ1n) is 21.8. The van der Waals surface area contributed by atoms with Crippen molar-refractivity contribution in [3.63, 3.8) is 0 Å². The van der Waals surface area contributed by atoms with Crippen LogP contribution in [0.2, 0.25) is 0 Å². The molecule has 0 amide bonds. The second kappa shape index (κ2) is 17.0. The van der Waals surface area contributed by atoms with Gasteiger partial charge in [-0.15, -0.1) is 0 Å². The highest BCUT2D eigenvalue weighted by Gasteiger charge is 2.40. The van der Waals surface area contributed by atoms with Gasteiger partial charge < -0.3 is 18.5 Å². The van der Waals surface area contributed by atoms with Crippen molar-refractivity contribution in [2.75, 3.05) is 0 Å². The van der Waals surface area contributed by atoms with Gasteiger partial charge in [-0.3, -0.25) is 9.59 Å². The number of hydrogen-bond acceptors (Lipinski definition) is 6. The van der Waals surface area contributed by atoms with E-state index >= 15 is 0 Å². The zero-order valence-corrected chi connectivity index (χ0v) is 41.0. The molecule has 0 bridgehead atoms. The molecule has 7 heteroatoms. The van der Waals surface area contributed by atoms with Gasteiger partial charge in [0.2, 0.25) is 0 Å². The summed E-state index contributed by atoms with van der Waals surface area (Å²) < 4.78 is 25.9. The second-order valence-corrected chi connectivity index (χ2v) is 22.8. The van der Waals surface area contributed by atoms with Gasteiger partial charge in [0.1, 0.15) is 28.9 Å². The van der Waals surface area contributed by atoms with Crippen molar-refractivity contribution >= 4 is 26.1 Å². The molecule has 6 nitrogen and oxygen atoms in total. The van der Waals surface area contributed by atoms with Crippen molar-refractivity contribution < 1.29 is 28.1 Å². The Morgan fingerprint density at radius 2 is 1.10 bits per heavy atom. The van der Waals surface area contributed by atoms with E-state index in [1.54, 1.807) is 0 Å². The van der Waals surface area contributed by atoms with Crippen molar-refractivity contribution in [1.29, 1.82) is 0 Å². The number of hydrogen-bond donors (Lipinski definition) is 0. The van der Waals surface area contributed by atoms with E-state index in [4.69, 9.17) is 18.5 Å². The maximum absolute atomic E-state index is 13.8. The zero-order valence-electron chi connectivity index (χ0n) is 40.1. The molecule has 5 aromatic rings. The fourth-order valence-corrected chi connectivity index (χ4v) is 9.98. The van der Waals surface area contributed by atoms with E-state index in [0.717, 1.165) is 72.4 Å². The maximum Gasteiger partial charge on any atom is 0.326 e. The Hall–Kier alpha value is -4.93. The summed E-state index contributed by atoms with van der Waals surface area (Å²) in [6.45, 7) is 37.1. The quantitative estimate of drug-likeness (QED) is 0.0603. The fraction of sp³-hybridized carbons (Fsp3) is 0.418. The predicted octanol–water partition coefficient (Wildman–Crippen LogP) is 13.9. The Morgan fingerprint density at radius 1 is 0.613 bits per heavy atom. The molecule has 0 aromatic heterocycles. The highest BCUT2D eigenvalue weighted by Crippen LogP contribution is 2.50. The van der Waals surface area contributed by atoms with Gasteiger partial charge in [0.15, 0.2) is 0 Å². The average molecular weight is 855 g/mol. The number of ether oxygens (including phenoxy) is 2. The first kappa shape index (κ1) is 46.6. The third-order valence-electron chi connectivity index (χ3n) is 12.1. The molecule has 0 saturated carbocycles. The van der Waals surface area contributed by atoms with E-state index in [-0.39, 0.29) is 33.5 Å². The minimum Gasteiger partial charge on any atom is -0.435 e. The molecule has 6 rings (SSSR count). The summed E-state index contributed by atoms with van der Waals surface area (Å²) in [6, 6.07) is 27.3. The van der Waals surface area contributed by atoms with Crippen LogP contribution in [-0.2, 0) is 31.2 Å². The number of fused-ring (bicyclic) bond motifs is 1. The number of carbonyl (C=O) groups is 2. The topological polar surface area (TPSA) is 71.1 Å². The first-order valence-corrected chi connectivity index (χ1v) is 23.0. The Kier molecular flexibility index (Phi) is 12.8. The Bertz CT molecular complexity index is 2460. The lowest BCUT2D eigenvalue weighted by atomic mass is 9.76. The summed E-state index contributed by atoms with van der Waals surface area (Å²) in [5.74, 6) is 1.92. The largest absolute Gasteiger partial charge is 0.435 e. The van der Waals surface area contributed by atoms with Gasteiger partial charge in [-0.25, -0.2) is 0 Å². The normalized spacial score (nSPS) is 15.4. The third-order valence-corrected chi connectivity index (χ3v) is 13.5. The lowest BCUT2D eigenvalue weighted by Gasteiger charge is -2.30. The molecular formula is C55H67O6P. The molecular weight excluding hydrogens is 788 g/mol. The summed E-state index contributed by atoms with van der Waals surface area (Å²) in [5.41, 5.74) is 11.4. The van der Waals surface area contributed by atoms with Gasteiger partial charge in [-0.05, 0) is 106 Å². The van der Waals surface area contributed by atoms with Gasteiger partial charge in [-0.1, -0.05) is 157 Å². The molecule has 0 radical (unpaired) electrons. The van der Waals surface area contributed by atoms with Crippen molar-refractivity contribution in [3.05, 3.63) is 146 Å². The highest BCUT2D eigenvalue weighted by atomic mass is 31.2. The van der Waals surface area contributed by atoms with Gasteiger partial charge in [0, 0.05) is 28.2 Å². The summed E-state index contributed by atoms with van der Waals surface area (Å²) in [4.78, 5) is 25.8. The van der Waals surface area contributed by atoms with Crippen LogP contribution in [0, 0.1) is 27.7 Å². The third kappa shape index (κ3) is 9.52. The summed E-state index contributed by atoms with van der Waals surface area (Å²) >= 11 is 0. The number of benzene rings is 5. The van der Waals surface area contributed by atoms with Crippen LogP contribution in [0.3, 0.4) is 0 Å². The lowest BCUT2D eigenvalue weighted by molar-refractivity contribution is -0.133. The number of esters is 1. The van der Waals surface area contributed by atoms with Crippen molar-refractivity contribution in [2.45, 2.75) is 151 Å². The molecule has 0 fully saturated rings. The molecule has 328 valence electrons. The van der Waals surface area contributed by atoms with Crippen LogP contribution in [0.4, 0.5) is 0 Å². The SMILES string of the molecule is Cc1cc(C(C)c2cc(C(C)(C)C)cc(C(C)(C)C)c2OC=O)cc(C)c1OP(Oc1c(C)cc(C2C(=O)Oc3c2cc(C(C)(C)C)cc3C(C)(C)C)cc1C)c1ccccc1. The molecule has 0 N–H and O–H groups in total. The monoisotopic (exact) mass is 854 g/mol. The molecule has 1 heterocycles. The number of rotatable bonds is 10. The molecule has 3 unspecified atom stereocenters. The summed E-state index contributed by atoms with van der Waals surface area (Å²) in [7, 11) is -1.64. The average Bonchev–Trinajstić information content (AvgIpc) is 3.50. The van der Waals surface area contributed by atoms with Crippen LogP contribution in [0.5, 0.6) is 23.0 Å². The molecule has 1 aliphatic heterocycles. The van der Waals surface area contributed by atoms with E-state index in [1.165, 1.54) is 11.1 Å². The van der Waals surface area contributed by atoms with E-state index in [0.29, 0.717) is 18.0 Å². The predicted molar refractivity (Wildman–Crippen MR) is 255 cm³/mol. The molecule has 0 saturated heterocycles. The molecule has 1 aliphatic rings. The second-order valence-electron chi connectivity index (χ2n) is 21.4. The van der Waals surface area contributed by atoms with Gasteiger partial charge in [0.05, 0.1) is 5.30 Å². The standard InChI is InChI=1S/C55H67O6P/c1-32-23-37(36(5)42-27-39(52(6,7)8)29-44(54(12,13)14)49(42)58-31-56)24-33(2)47(32)60-62(41-21-19-18-20-22-41)61-48-34(3)25-38(26-35(48)4)46-43-28-40(53(9,10)11)30-45(55(15,16)17)50(43)59-51(46)57/h18-31,36,46H,1-17H3. The van der Waals surface area contributed by atoms with Gasteiger partial charge in [0.25, 0.3) is 6.47 Å². The van der Waals surface area contributed by atoms with Crippen LogP contribution >= 0.6 is 8.38 Å². The Labute approximate surface area is 372 Å². The Balaban J connectivity index is 1.37. The van der Waals surface area contributed by atoms with Gasteiger partial charge in [-0.2, -0.15) is 0 Å². The van der Waals surface area contributed by atoms with Crippen LogP contribution < -0.4 is 23.8 Å². The van der Waals surface area contributed by atoms with Crippen molar-refractivity contribution in [2.24, 2.45) is 0 Å². The number of carbonyl (C=O) groups excluding carboxylic acids is 2. The maximum atomic E-state index is 13.8.